The molecule has 1 fully saturated rings. The number of methoxy groups -OCH3 is 2. The first-order chi connectivity index (χ1) is 27.2. The second-order valence-electron chi connectivity index (χ2n) is 16.8. The molecule has 0 radical (unpaired) electrons. The van der Waals surface area contributed by atoms with E-state index in [0.717, 1.165) is 0 Å². The lowest BCUT2D eigenvalue weighted by Gasteiger charge is -2.37. The van der Waals surface area contributed by atoms with Gasteiger partial charge < -0.3 is 46.3 Å². The Hall–Kier alpha value is -4.51. The average Bonchev–Trinajstić information content (AvgIpc) is 3.67. The molecule has 59 heavy (non-hydrogen) atoms. The third kappa shape index (κ3) is 11.4. The van der Waals surface area contributed by atoms with Gasteiger partial charge in [-0.3, -0.25) is 29.3 Å². The summed E-state index contributed by atoms with van der Waals surface area (Å²) in [6.45, 7) is 14.4. The molecule has 1 aliphatic carbocycles. The first-order valence-corrected chi connectivity index (χ1v) is 20.8. The van der Waals surface area contributed by atoms with E-state index in [1.807, 2.05) is 0 Å². The van der Waals surface area contributed by atoms with Crippen LogP contribution in [0.3, 0.4) is 0 Å². The minimum Gasteiger partial charge on any atom is -0.467 e. The Morgan fingerprint density at radius 2 is 1.36 bits per heavy atom. The lowest BCUT2D eigenvalue weighted by Crippen LogP contribution is -2.69. The predicted molar refractivity (Wildman–Crippen MR) is 218 cm³/mol. The SMILES string of the molecule is COC(=O)[C@@H](NC(=O)[C@](N)(C(=O)C1([P+](=O)C(C)(NC(=O)[C@H](C)NC(=O)[C@H](C)NC(=O)[C@](CO)(NC(=O)OC(C)(C)C)c2ccccc2)OC)CCCC1)C(C)C)C(C)C. The molecule has 330 valence electrons. The van der Waals surface area contributed by atoms with Gasteiger partial charge in [0.2, 0.25) is 28.7 Å². The number of ketones is 1. The molecule has 8 N–H and O–H groups in total. The summed E-state index contributed by atoms with van der Waals surface area (Å²) < 4.78 is 30.6. The molecule has 0 aliphatic heterocycles. The summed E-state index contributed by atoms with van der Waals surface area (Å²) in [4.78, 5) is 94.8. The van der Waals surface area contributed by atoms with Crippen molar-refractivity contribution in [3.05, 3.63) is 35.9 Å². The van der Waals surface area contributed by atoms with Gasteiger partial charge in [-0.2, -0.15) is 0 Å². The van der Waals surface area contributed by atoms with Crippen LogP contribution in [0.1, 0.15) is 100 Å². The number of alkyl carbamates (subject to hydrolysis) is 1. The monoisotopic (exact) mass is 851 g/mol. The Balaban J connectivity index is 2.34. The van der Waals surface area contributed by atoms with Crippen LogP contribution in [-0.2, 0) is 53.1 Å². The zero-order valence-corrected chi connectivity index (χ0v) is 37.2. The zero-order valence-electron chi connectivity index (χ0n) is 36.3. The van der Waals surface area contributed by atoms with Gasteiger partial charge in [-0.25, -0.2) is 9.59 Å². The van der Waals surface area contributed by atoms with Crippen LogP contribution >= 0.6 is 7.80 Å². The van der Waals surface area contributed by atoms with Crippen LogP contribution in [0, 0.1) is 11.8 Å². The molecule has 2 rings (SSSR count). The van der Waals surface area contributed by atoms with Crippen molar-refractivity contribution in [1.29, 1.82) is 0 Å². The van der Waals surface area contributed by atoms with Crippen LogP contribution in [0.25, 0.3) is 0 Å². The molecular weight excluding hydrogens is 787 g/mol. The van der Waals surface area contributed by atoms with E-state index in [0.29, 0.717) is 12.8 Å². The van der Waals surface area contributed by atoms with Gasteiger partial charge in [-0.1, -0.05) is 62.6 Å². The van der Waals surface area contributed by atoms with Gasteiger partial charge in [-0.15, -0.1) is 0 Å². The highest BCUT2D eigenvalue weighted by atomic mass is 31.1. The Labute approximate surface area is 347 Å². The molecule has 0 saturated heterocycles. The molecule has 1 aromatic carbocycles. The zero-order chi connectivity index (χ0) is 45.3. The van der Waals surface area contributed by atoms with E-state index in [9.17, 15) is 43.2 Å². The molecule has 18 nitrogen and oxygen atoms in total. The number of carbonyl (C=O) groups is 7. The lowest BCUT2D eigenvalue weighted by molar-refractivity contribution is -0.149. The number of benzene rings is 1. The summed E-state index contributed by atoms with van der Waals surface area (Å²) >= 11 is 0. The van der Waals surface area contributed by atoms with E-state index in [-0.39, 0.29) is 18.4 Å². The van der Waals surface area contributed by atoms with E-state index < -0.39 is 113 Å². The van der Waals surface area contributed by atoms with Crippen molar-refractivity contribution in [3.8, 4) is 0 Å². The highest BCUT2D eigenvalue weighted by Gasteiger charge is 2.70. The van der Waals surface area contributed by atoms with E-state index in [2.05, 4.69) is 26.6 Å². The number of hydrogen-bond acceptors (Lipinski definition) is 13. The highest BCUT2D eigenvalue weighted by molar-refractivity contribution is 7.49. The number of amides is 5. The number of Topliss-reactive ketones (excluding diaryl/α,β-unsaturated/α-hetero) is 1. The maximum Gasteiger partial charge on any atom is 0.410 e. The number of aliphatic hydroxyl groups excluding tert-OH is 1. The Bertz CT molecular complexity index is 1730. The van der Waals surface area contributed by atoms with Crippen LogP contribution in [-0.4, -0.2) is 107 Å². The van der Waals surface area contributed by atoms with Crippen molar-refractivity contribution >= 4 is 49.3 Å². The van der Waals surface area contributed by atoms with Crippen LogP contribution in [0.15, 0.2) is 30.3 Å². The molecule has 0 spiro atoms. The first-order valence-electron chi connectivity index (χ1n) is 19.6. The molecule has 19 heteroatoms. The number of esters is 1. The second kappa shape index (κ2) is 20.2. The maximum absolute atomic E-state index is 14.8. The molecule has 1 saturated carbocycles. The molecule has 7 atom stereocenters. The van der Waals surface area contributed by atoms with E-state index in [1.54, 1.807) is 66.7 Å². The number of nitrogens with one attached hydrogen (secondary N) is 5. The molecule has 1 aromatic rings. The van der Waals surface area contributed by atoms with Gasteiger partial charge in [0.15, 0.2) is 11.1 Å². The predicted octanol–water partition coefficient (Wildman–Crippen LogP) is 2.22. The fourth-order valence-corrected chi connectivity index (χ4v) is 9.05. The quantitative estimate of drug-likeness (QED) is 0.0456. The van der Waals surface area contributed by atoms with Gasteiger partial charge >= 0.3 is 25.3 Å². The molecule has 0 heterocycles. The highest BCUT2D eigenvalue weighted by Crippen LogP contribution is 2.59. The molecule has 1 aliphatic rings. The minimum atomic E-state index is -2.91. The largest absolute Gasteiger partial charge is 0.467 e. The van der Waals surface area contributed by atoms with Crippen molar-refractivity contribution in [2.75, 3.05) is 20.8 Å². The van der Waals surface area contributed by atoms with E-state index >= 15 is 0 Å². The summed E-state index contributed by atoms with van der Waals surface area (Å²) in [6, 6.07) is 4.09. The van der Waals surface area contributed by atoms with Crippen molar-refractivity contribution in [2.24, 2.45) is 17.6 Å². The summed E-state index contributed by atoms with van der Waals surface area (Å²) in [7, 11) is -0.564. The van der Waals surface area contributed by atoms with Crippen molar-refractivity contribution in [2.45, 2.75) is 140 Å². The third-order valence-corrected chi connectivity index (χ3v) is 13.0. The number of nitrogens with two attached hydrogens (primary N) is 1. The van der Waals surface area contributed by atoms with Crippen molar-refractivity contribution in [1.82, 2.24) is 26.6 Å². The first kappa shape index (κ1) is 50.6. The van der Waals surface area contributed by atoms with E-state index in [4.69, 9.17) is 19.9 Å². The Kier molecular flexibility index (Phi) is 17.3. The summed E-state index contributed by atoms with van der Waals surface area (Å²) in [6.07, 6.45) is 0.0292. The van der Waals surface area contributed by atoms with Crippen LogP contribution in [0.2, 0.25) is 0 Å². The number of aliphatic hydroxyl groups is 1. The lowest BCUT2D eigenvalue weighted by atomic mass is 9.76. The van der Waals surface area contributed by atoms with Gasteiger partial charge in [0.1, 0.15) is 23.7 Å². The minimum absolute atomic E-state index is 0.0595. The third-order valence-electron chi connectivity index (χ3n) is 10.6. The van der Waals surface area contributed by atoms with Gasteiger partial charge in [0, 0.05) is 26.9 Å². The van der Waals surface area contributed by atoms with Crippen LogP contribution in [0.4, 0.5) is 4.79 Å². The van der Waals surface area contributed by atoms with Crippen molar-refractivity contribution < 1.29 is 57.4 Å². The maximum atomic E-state index is 14.8. The summed E-state index contributed by atoms with van der Waals surface area (Å²) in [5.74, 6) is -6.43. The Morgan fingerprint density at radius 1 is 0.814 bits per heavy atom. The van der Waals surface area contributed by atoms with Gasteiger partial charge in [0.05, 0.1) is 13.7 Å². The van der Waals surface area contributed by atoms with Crippen LogP contribution in [0.5, 0.6) is 0 Å². The molecular formula is C40H64N6O12P+. The number of hydrogen-bond donors (Lipinski definition) is 7. The molecule has 0 bridgehead atoms. The normalized spacial score (nSPS) is 18.7. The van der Waals surface area contributed by atoms with Crippen molar-refractivity contribution in [3.63, 3.8) is 0 Å². The summed E-state index contributed by atoms with van der Waals surface area (Å²) in [5.41, 5.74) is -0.393. The number of carbonyl (C=O) groups excluding carboxylic acids is 7. The smallest absolute Gasteiger partial charge is 0.410 e. The molecule has 5 amide bonds. The standard InChI is InChI=1S/C40H63N6O12P/c1-23(2)28(31(50)56-11)44-34(53)40(41,24(3)4)32(51)38(20-16-17-21-38)59(55)37(10,57-12)45-30(49)26(6)42-29(48)25(5)43-33(52)39(22-47,27-18-14-13-15-19-27)46-35(54)58-36(7,8)9/h13-15,18-19,23-26,28,47H,16-17,20-22,41H2,1-12H3,(H4-,42,43,44,45,46,48,49,52,53,54)/p+1/t25-,26-,28-,37?,39+,40+/m0/s1. The molecule has 0 aromatic heterocycles. The summed E-state index contributed by atoms with van der Waals surface area (Å²) in [5, 5.41) is 21.3. The number of ether oxygens (including phenoxy) is 3. The molecule has 2 unspecified atom stereocenters. The Morgan fingerprint density at radius 3 is 1.81 bits per heavy atom. The van der Waals surface area contributed by atoms with Gasteiger partial charge in [-0.05, 0) is 64.9 Å². The average molecular weight is 852 g/mol. The van der Waals surface area contributed by atoms with E-state index in [1.165, 1.54) is 47.1 Å². The number of rotatable bonds is 19. The van der Waals surface area contributed by atoms with Crippen LogP contribution < -0.4 is 32.3 Å². The topological polar surface area (TPSA) is 271 Å². The second-order valence-corrected chi connectivity index (χ2v) is 19.1. The fraction of sp³-hybridized carbons (Fsp3) is 0.675. The van der Waals surface area contributed by atoms with Gasteiger partial charge in [0.25, 0.3) is 5.91 Å². The fourth-order valence-electron chi connectivity index (χ4n) is 6.76.